The second kappa shape index (κ2) is 9.18. The minimum absolute atomic E-state index is 0.0812. The van der Waals surface area contributed by atoms with Gasteiger partial charge in [-0.2, -0.15) is 0 Å². The Balaban J connectivity index is 1.65. The van der Waals surface area contributed by atoms with Crippen molar-refractivity contribution >= 4 is 17.5 Å². The summed E-state index contributed by atoms with van der Waals surface area (Å²) >= 11 is 1.26. The van der Waals surface area contributed by atoms with Gasteiger partial charge in [0.05, 0.1) is 5.75 Å². The van der Waals surface area contributed by atoms with Crippen LogP contribution >= 0.6 is 11.8 Å². The Bertz CT molecular complexity index is 956. The predicted octanol–water partition coefficient (Wildman–Crippen LogP) is 3.86. The zero-order valence-corrected chi connectivity index (χ0v) is 15.7. The van der Waals surface area contributed by atoms with Gasteiger partial charge in [0.2, 0.25) is 0 Å². The number of carbonyl (C=O) groups is 1. The van der Waals surface area contributed by atoms with Crippen LogP contribution in [0.5, 0.6) is 11.5 Å². The number of halogens is 1. The predicted molar refractivity (Wildman–Crippen MR) is 104 cm³/mol. The number of nitrogens with zero attached hydrogens (tertiary/aromatic N) is 3. The summed E-state index contributed by atoms with van der Waals surface area (Å²) in [5.41, 5.74) is 0.514. The first-order valence-electron chi connectivity index (χ1n) is 8.43. The molecule has 8 heteroatoms. The van der Waals surface area contributed by atoms with Crippen molar-refractivity contribution in [2.45, 2.75) is 18.3 Å². The van der Waals surface area contributed by atoms with Crippen LogP contribution in [0, 0.1) is 5.82 Å². The lowest BCUT2D eigenvalue weighted by molar-refractivity contribution is 0.102. The molecule has 0 saturated heterocycles. The van der Waals surface area contributed by atoms with Crippen LogP contribution in [0.15, 0.2) is 66.3 Å². The minimum Gasteiger partial charge on any atom is -0.508 e. The molecule has 0 bridgehead atoms. The van der Waals surface area contributed by atoms with E-state index in [1.165, 1.54) is 48.2 Å². The highest BCUT2D eigenvalue weighted by molar-refractivity contribution is 7.99. The summed E-state index contributed by atoms with van der Waals surface area (Å²) in [5.74, 6) is 0.969. The number of carbonyl (C=O) groups excluding carboxylic acids is 1. The molecule has 2 aromatic carbocycles. The molecule has 144 valence electrons. The highest BCUT2D eigenvalue weighted by Gasteiger charge is 2.15. The van der Waals surface area contributed by atoms with E-state index in [0.717, 1.165) is 0 Å². The Kier molecular flexibility index (Phi) is 6.44. The monoisotopic (exact) mass is 399 g/mol. The van der Waals surface area contributed by atoms with Gasteiger partial charge in [0, 0.05) is 12.1 Å². The van der Waals surface area contributed by atoms with Gasteiger partial charge in [-0.25, -0.2) is 4.39 Å². The summed E-state index contributed by atoms with van der Waals surface area (Å²) in [6.07, 6.45) is 1.70. The molecule has 0 fully saturated rings. The van der Waals surface area contributed by atoms with Crippen LogP contribution in [-0.4, -0.2) is 31.4 Å². The number of allylic oxidation sites excluding steroid dienone is 1. The minimum atomic E-state index is -0.334. The number of ketones is 1. The topological polar surface area (TPSA) is 77.2 Å². The van der Waals surface area contributed by atoms with Gasteiger partial charge in [0.15, 0.2) is 16.8 Å². The molecule has 6 nitrogen and oxygen atoms in total. The van der Waals surface area contributed by atoms with Gasteiger partial charge in [0.1, 0.15) is 23.9 Å². The van der Waals surface area contributed by atoms with Crippen LogP contribution in [0.1, 0.15) is 16.2 Å². The van der Waals surface area contributed by atoms with Gasteiger partial charge >= 0.3 is 0 Å². The summed E-state index contributed by atoms with van der Waals surface area (Å²) in [4.78, 5) is 12.3. The second-order valence-corrected chi connectivity index (χ2v) is 6.74. The van der Waals surface area contributed by atoms with Gasteiger partial charge in [-0.05, 0) is 48.5 Å². The zero-order chi connectivity index (χ0) is 19.9. The molecule has 3 aromatic rings. The van der Waals surface area contributed by atoms with Crippen molar-refractivity contribution < 1.29 is 19.0 Å². The Morgan fingerprint density at radius 2 is 1.89 bits per heavy atom. The fourth-order valence-corrected chi connectivity index (χ4v) is 3.25. The Morgan fingerprint density at radius 1 is 1.18 bits per heavy atom. The lowest BCUT2D eigenvalue weighted by Crippen LogP contribution is -2.09. The van der Waals surface area contributed by atoms with Crippen molar-refractivity contribution in [3.8, 4) is 11.5 Å². The highest BCUT2D eigenvalue weighted by Crippen LogP contribution is 2.21. The zero-order valence-electron chi connectivity index (χ0n) is 14.9. The fourth-order valence-electron chi connectivity index (χ4n) is 2.38. The number of benzene rings is 2. The number of ether oxygens (including phenoxy) is 1. The van der Waals surface area contributed by atoms with Crippen molar-refractivity contribution in [1.82, 2.24) is 14.8 Å². The summed E-state index contributed by atoms with van der Waals surface area (Å²) in [7, 11) is 0. The van der Waals surface area contributed by atoms with E-state index in [-0.39, 0.29) is 29.7 Å². The van der Waals surface area contributed by atoms with E-state index in [1.807, 2.05) is 4.57 Å². The number of phenolic OH excluding ortho intramolecular Hbond substituents is 1. The Morgan fingerprint density at radius 3 is 2.57 bits per heavy atom. The Hall–Kier alpha value is -3.13. The van der Waals surface area contributed by atoms with Crippen molar-refractivity contribution in [3.05, 3.63) is 78.4 Å². The smallest absolute Gasteiger partial charge is 0.192 e. The molecule has 3 rings (SSSR count). The number of aromatic nitrogens is 3. The molecule has 0 saturated carbocycles. The lowest BCUT2D eigenvalue weighted by atomic mass is 10.1. The van der Waals surface area contributed by atoms with Crippen molar-refractivity contribution in [1.29, 1.82) is 0 Å². The average molecular weight is 399 g/mol. The van der Waals surface area contributed by atoms with E-state index in [0.29, 0.717) is 28.8 Å². The number of aromatic hydroxyl groups is 1. The molecular formula is C20H18FN3O3S. The maximum atomic E-state index is 13.0. The Labute approximate surface area is 165 Å². The summed E-state index contributed by atoms with van der Waals surface area (Å²) in [6, 6.07) is 11.8. The van der Waals surface area contributed by atoms with E-state index in [1.54, 1.807) is 18.2 Å². The lowest BCUT2D eigenvalue weighted by Gasteiger charge is -2.09. The summed E-state index contributed by atoms with van der Waals surface area (Å²) < 4.78 is 20.4. The summed E-state index contributed by atoms with van der Waals surface area (Å²) in [6.45, 7) is 4.35. The first kappa shape index (κ1) is 19.6. The molecule has 28 heavy (non-hydrogen) atoms. The molecule has 0 unspecified atom stereocenters. The molecule has 0 aliphatic carbocycles. The van der Waals surface area contributed by atoms with Gasteiger partial charge in [-0.15, -0.1) is 16.8 Å². The number of thioether (sulfide) groups is 1. The van der Waals surface area contributed by atoms with E-state index >= 15 is 0 Å². The van der Waals surface area contributed by atoms with Gasteiger partial charge in [-0.1, -0.05) is 17.8 Å². The van der Waals surface area contributed by atoms with Gasteiger partial charge in [0.25, 0.3) is 0 Å². The molecule has 0 aliphatic heterocycles. The number of rotatable bonds is 9. The number of Topliss-reactive ketones (excluding diaryl/α,β-unsaturated/α-hetero) is 1. The number of hydrogen-bond donors (Lipinski definition) is 1. The van der Waals surface area contributed by atoms with Crippen molar-refractivity contribution in [2.75, 3.05) is 5.75 Å². The standard InChI is InChI=1S/C20H18FN3O3S/c1-2-11-24-19(12-27-17-9-5-15(21)6-10-17)22-23-20(24)28-13-18(26)14-3-7-16(25)8-4-14/h2-10,25H,1,11-13H2. The van der Waals surface area contributed by atoms with Crippen LogP contribution < -0.4 is 4.74 Å². The van der Waals surface area contributed by atoms with Crippen LogP contribution in [-0.2, 0) is 13.2 Å². The van der Waals surface area contributed by atoms with E-state index < -0.39 is 0 Å². The molecule has 1 N–H and O–H groups in total. The molecule has 0 radical (unpaired) electrons. The highest BCUT2D eigenvalue weighted by atomic mass is 32.2. The van der Waals surface area contributed by atoms with E-state index in [9.17, 15) is 14.3 Å². The second-order valence-electron chi connectivity index (χ2n) is 5.80. The molecule has 1 aromatic heterocycles. The summed E-state index contributed by atoms with van der Waals surface area (Å²) in [5, 5.41) is 18.2. The molecule has 1 heterocycles. The normalized spacial score (nSPS) is 10.6. The van der Waals surface area contributed by atoms with Gasteiger partial charge < -0.3 is 9.84 Å². The first-order valence-corrected chi connectivity index (χ1v) is 9.41. The number of phenols is 1. The molecule has 0 amide bonds. The van der Waals surface area contributed by atoms with Crippen LogP contribution in [0.2, 0.25) is 0 Å². The largest absolute Gasteiger partial charge is 0.508 e. The fraction of sp³-hybridized carbons (Fsp3) is 0.150. The quantitative estimate of drug-likeness (QED) is 0.334. The van der Waals surface area contributed by atoms with E-state index in [4.69, 9.17) is 4.74 Å². The van der Waals surface area contributed by atoms with Crippen LogP contribution in [0.25, 0.3) is 0 Å². The van der Waals surface area contributed by atoms with Crippen molar-refractivity contribution in [3.63, 3.8) is 0 Å². The molecule has 0 spiro atoms. The van der Waals surface area contributed by atoms with Gasteiger partial charge in [-0.3, -0.25) is 9.36 Å². The number of hydrogen-bond acceptors (Lipinski definition) is 6. The van der Waals surface area contributed by atoms with Crippen molar-refractivity contribution in [2.24, 2.45) is 0 Å². The average Bonchev–Trinajstić information content (AvgIpc) is 3.08. The maximum Gasteiger partial charge on any atom is 0.192 e. The van der Waals surface area contributed by atoms with E-state index in [2.05, 4.69) is 16.8 Å². The SMILES string of the molecule is C=CCn1c(COc2ccc(F)cc2)nnc1SCC(=O)c1ccc(O)cc1. The maximum absolute atomic E-state index is 13.0. The third-order valence-corrected chi connectivity index (χ3v) is 4.78. The molecule has 0 atom stereocenters. The first-order chi connectivity index (χ1) is 13.6. The molecule has 0 aliphatic rings. The van der Waals surface area contributed by atoms with Crippen LogP contribution in [0.4, 0.5) is 4.39 Å². The molecular weight excluding hydrogens is 381 g/mol. The third-order valence-electron chi connectivity index (χ3n) is 3.81. The third kappa shape index (κ3) is 4.98. The van der Waals surface area contributed by atoms with Crippen LogP contribution in [0.3, 0.4) is 0 Å².